The number of methoxy groups -OCH3 is 2. The average molecular weight is 470 g/mol. The number of aromatic nitrogens is 2. The van der Waals surface area contributed by atoms with Crippen molar-refractivity contribution in [1.29, 1.82) is 0 Å². The Morgan fingerprint density at radius 3 is 2.41 bits per heavy atom. The molecule has 3 aromatic rings. The van der Waals surface area contributed by atoms with E-state index < -0.39 is 10.0 Å². The van der Waals surface area contributed by atoms with Crippen LogP contribution in [0.4, 0.5) is 5.13 Å². The van der Waals surface area contributed by atoms with Crippen LogP contribution < -0.4 is 14.2 Å². The number of benzene rings is 2. The second-order valence-electron chi connectivity index (χ2n) is 5.43. The number of sulfonamides is 1. The van der Waals surface area contributed by atoms with Crippen molar-refractivity contribution in [3.8, 4) is 11.5 Å². The van der Waals surface area contributed by atoms with E-state index in [0.717, 1.165) is 10.0 Å². The van der Waals surface area contributed by atoms with Gasteiger partial charge in [-0.1, -0.05) is 33.3 Å². The van der Waals surface area contributed by atoms with Gasteiger partial charge in [0, 0.05) is 10.9 Å². The van der Waals surface area contributed by atoms with Gasteiger partial charge in [0.1, 0.15) is 5.01 Å². The Kier molecular flexibility index (Phi) is 5.98. The van der Waals surface area contributed by atoms with Crippen molar-refractivity contribution in [2.24, 2.45) is 0 Å². The SMILES string of the molecule is COc1ccc(Cc2nnc(NS(=O)(=O)c3ccc(Br)cc3)s2)cc1OC. The van der Waals surface area contributed by atoms with E-state index in [1.807, 2.05) is 18.2 Å². The summed E-state index contributed by atoms with van der Waals surface area (Å²) in [6.07, 6.45) is 0.498. The first-order chi connectivity index (χ1) is 12.9. The zero-order chi connectivity index (χ0) is 19.4. The van der Waals surface area contributed by atoms with E-state index in [4.69, 9.17) is 9.47 Å². The first-order valence-electron chi connectivity index (χ1n) is 7.73. The number of hydrogen-bond acceptors (Lipinski definition) is 7. The van der Waals surface area contributed by atoms with E-state index in [2.05, 4.69) is 30.8 Å². The highest BCUT2D eigenvalue weighted by molar-refractivity contribution is 9.10. The van der Waals surface area contributed by atoms with Gasteiger partial charge in [0.2, 0.25) is 5.13 Å². The average Bonchev–Trinajstić information content (AvgIpc) is 3.08. The lowest BCUT2D eigenvalue weighted by Crippen LogP contribution is -2.12. The number of ether oxygens (including phenoxy) is 2. The van der Waals surface area contributed by atoms with E-state index >= 15 is 0 Å². The van der Waals surface area contributed by atoms with E-state index in [-0.39, 0.29) is 10.0 Å². The Balaban J connectivity index is 1.74. The number of nitrogens with zero attached hydrogens (tertiary/aromatic N) is 2. The van der Waals surface area contributed by atoms with Crippen LogP contribution in [-0.4, -0.2) is 32.8 Å². The molecular formula is C17H16BrN3O4S2. The molecule has 0 radical (unpaired) electrons. The highest BCUT2D eigenvalue weighted by atomic mass is 79.9. The van der Waals surface area contributed by atoms with Crippen molar-refractivity contribution in [3.05, 3.63) is 57.5 Å². The molecule has 0 saturated carbocycles. The molecule has 0 spiro atoms. The first-order valence-corrected chi connectivity index (χ1v) is 10.8. The Labute approximate surface area is 169 Å². The van der Waals surface area contributed by atoms with Crippen molar-refractivity contribution in [1.82, 2.24) is 10.2 Å². The molecule has 0 bridgehead atoms. The van der Waals surface area contributed by atoms with Gasteiger partial charge in [-0.25, -0.2) is 8.42 Å². The summed E-state index contributed by atoms with van der Waals surface area (Å²) in [6, 6.07) is 11.9. The van der Waals surface area contributed by atoms with Gasteiger partial charge in [-0.05, 0) is 42.0 Å². The largest absolute Gasteiger partial charge is 0.493 e. The molecule has 0 aliphatic heterocycles. The number of hydrogen-bond donors (Lipinski definition) is 1. The minimum Gasteiger partial charge on any atom is -0.493 e. The van der Waals surface area contributed by atoms with E-state index in [1.54, 1.807) is 26.4 Å². The summed E-state index contributed by atoms with van der Waals surface area (Å²) in [5, 5.41) is 8.89. The molecule has 10 heteroatoms. The maximum absolute atomic E-state index is 12.4. The molecular weight excluding hydrogens is 454 g/mol. The molecule has 0 atom stereocenters. The third-order valence-electron chi connectivity index (χ3n) is 3.62. The third-order valence-corrected chi connectivity index (χ3v) is 6.47. The van der Waals surface area contributed by atoms with Gasteiger partial charge in [-0.3, -0.25) is 4.72 Å². The van der Waals surface area contributed by atoms with Gasteiger partial charge in [-0.15, -0.1) is 10.2 Å². The van der Waals surface area contributed by atoms with Crippen molar-refractivity contribution in [2.45, 2.75) is 11.3 Å². The predicted octanol–water partition coefficient (Wildman–Crippen LogP) is 3.71. The van der Waals surface area contributed by atoms with Crippen LogP contribution in [0.25, 0.3) is 0 Å². The lowest BCUT2D eigenvalue weighted by molar-refractivity contribution is 0.354. The maximum atomic E-state index is 12.4. The Morgan fingerprint density at radius 2 is 1.74 bits per heavy atom. The van der Waals surface area contributed by atoms with Crippen molar-refractivity contribution < 1.29 is 17.9 Å². The molecule has 142 valence electrons. The fraction of sp³-hybridized carbons (Fsp3) is 0.176. The summed E-state index contributed by atoms with van der Waals surface area (Å²) < 4.78 is 38.6. The molecule has 7 nitrogen and oxygen atoms in total. The molecule has 0 fully saturated rings. The van der Waals surface area contributed by atoms with Crippen LogP contribution >= 0.6 is 27.3 Å². The topological polar surface area (TPSA) is 90.4 Å². The highest BCUT2D eigenvalue weighted by Gasteiger charge is 2.17. The Morgan fingerprint density at radius 1 is 1.04 bits per heavy atom. The number of rotatable bonds is 7. The molecule has 1 aromatic heterocycles. The fourth-order valence-corrected chi connectivity index (χ4v) is 4.59. The second-order valence-corrected chi connectivity index (χ2v) is 9.09. The molecule has 3 rings (SSSR count). The lowest BCUT2D eigenvalue weighted by atomic mass is 10.1. The number of anilines is 1. The van der Waals surface area contributed by atoms with E-state index in [1.165, 1.54) is 23.5 Å². The van der Waals surface area contributed by atoms with Crippen LogP contribution in [0.1, 0.15) is 10.6 Å². The summed E-state index contributed by atoms with van der Waals surface area (Å²) in [5.41, 5.74) is 0.950. The number of nitrogens with one attached hydrogen (secondary N) is 1. The smallest absolute Gasteiger partial charge is 0.263 e. The molecule has 1 N–H and O–H groups in total. The van der Waals surface area contributed by atoms with Crippen molar-refractivity contribution in [2.75, 3.05) is 18.9 Å². The minimum atomic E-state index is -3.71. The number of halogens is 1. The Hall–Kier alpha value is -2.17. The maximum Gasteiger partial charge on any atom is 0.263 e. The zero-order valence-corrected chi connectivity index (χ0v) is 17.7. The standard InChI is InChI=1S/C17H16BrN3O4S2/c1-24-14-8-3-11(9-15(14)25-2)10-16-19-20-17(26-16)21-27(22,23)13-6-4-12(18)5-7-13/h3-9H,10H2,1-2H3,(H,20,21). The van der Waals surface area contributed by atoms with Gasteiger partial charge in [-0.2, -0.15) is 0 Å². The summed E-state index contributed by atoms with van der Waals surface area (Å²) in [5.74, 6) is 1.26. The van der Waals surface area contributed by atoms with Crippen molar-refractivity contribution >= 4 is 42.4 Å². The quantitative estimate of drug-likeness (QED) is 0.566. The molecule has 1 heterocycles. The zero-order valence-electron chi connectivity index (χ0n) is 14.5. The second kappa shape index (κ2) is 8.24. The third kappa shape index (κ3) is 4.76. The Bertz CT molecular complexity index is 1040. The highest BCUT2D eigenvalue weighted by Crippen LogP contribution is 2.29. The van der Waals surface area contributed by atoms with E-state index in [9.17, 15) is 8.42 Å². The van der Waals surface area contributed by atoms with Crippen LogP contribution in [0.5, 0.6) is 11.5 Å². The molecule has 0 saturated heterocycles. The minimum absolute atomic E-state index is 0.155. The lowest BCUT2D eigenvalue weighted by Gasteiger charge is -2.08. The molecule has 27 heavy (non-hydrogen) atoms. The van der Waals surface area contributed by atoms with Gasteiger partial charge < -0.3 is 9.47 Å². The van der Waals surface area contributed by atoms with Gasteiger partial charge in [0.05, 0.1) is 19.1 Å². The molecule has 0 amide bonds. The van der Waals surface area contributed by atoms with Crippen LogP contribution in [0.3, 0.4) is 0 Å². The molecule has 0 aliphatic carbocycles. The summed E-state index contributed by atoms with van der Waals surface area (Å²) >= 11 is 4.46. The fourth-order valence-electron chi connectivity index (χ4n) is 2.32. The van der Waals surface area contributed by atoms with Crippen LogP contribution in [0, 0.1) is 0 Å². The summed E-state index contributed by atoms with van der Waals surface area (Å²) in [7, 11) is -0.562. The van der Waals surface area contributed by atoms with Crippen molar-refractivity contribution in [3.63, 3.8) is 0 Å². The first kappa shape index (κ1) is 19.6. The molecule has 2 aromatic carbocycles. The van der Waals surface area contributed by atoms with Gasteiger partial charge >= 0.3 is 0 Å². The van der Waals surface area contributed by atoms with Crippen LogP contribution in [0.2, 0.25) is 0 Å². The molecule has 0 unspecified atom stereocenters. The normalized spacial score (nSPS) is 11.2. The van der Waals surface area contributed by atoms with Gasteiger partial charge in [0.25, 0.3) is 10.0 Å². The monoisotopic (exact) mass is 469 g/mol. The van der Waals surface area contributed by atoms with E-state index in [0.29, 0.717) is 22.9 Å². The summed E-state index contributed by atoms with van der Waals surface area (Å²) in [6.45, 7) is 0. The van der Waals surface area contributed by atoms with Crippen LogP contribution in [0.15, 0.2) is 51.8 Å². The predicted molar refractivity (Wildman–Crippen MR) is 107 cm³/mol. The summed E-state index contributed by atoms with van der Waals surface area (Å²) in [4.78, 5) is 0.155. The van der Waals surface area contributed by atoms with Gasteiger partial charge in [0.15, 0.2) is 11.5 Å². The van der Waals surface area contributed by atoms with Crippen LogP contribution in [-0.2, 0) is 16.4 Å². The molecule has 0 aliphatic rings.